The number of rotatable bonds is 6. The Hall–Kier alpha value is -1.43. The Morgan fingerprint density at radius 2 is 2.10 bits per heavy atom. The van der Waals surface area contributed by atoms with E-state index in [1.807, 2.05) is 13.8 Å². The Labute approximate surface area is 129 Å². The first-order valence-corrected chi connectivity index (χ1v) is 8.37. The summed E-state index contributed by atoms with van der Waals surface area (Å²) >= 11 is 1.33. The molecule has 0 atom stereocenters. The summed E-state index contributed by atoms with van der Waals surface area (Å²) in [5, 5.41) is 4.32. The molecule has 6 heteroatoms. The number of nitrogens with two attached hydrogens (primary N) is 1. The number of esters is 1. The SMILES string of the molecule is CCOC(=O)c1sc(NC2CCCC2)c(OC(C)C)c1N. The molecule has 1 fully saturated rings. The average molecular weight is 312 g/mol. The van der Waals surface area contributed by atoms with Crippen LogP contribution in [0.2, 0.25) is 0 Å². The Kier molecular flexibility index (Phi) is 5.33. The minimum atomic E-state index is -0.381. The lowest BCUT2D eigenvalue weighted by molar-refractivity contribution is 0.0533. The molecule has 21 heavy (non-hydrogen) atoms. The van der Waals surface area contributed by atoms with Crippen molar-refractivity contribution >= 4 is 28.0 Å². The Balaban J connectivity index is 2.26. The summed E-state index contributed by atoms with van der Waals surface area (Å²) in [7, 11) is 0. The number of carbonyl (C=O) groups excluding carboxylic acids is 1. The van der Waals surface area contributed by atoms with Gasteiger partial charge < -0.3 is 20.5 Å². The second-order valence-corrected chi connectivity index (χ2v) is 6.54. The van der Waals surface area contributed by atoms with Crippen molar-refractivity contribution in [3.8, 4) is 5.75 Å². The third-order valence-electron chi connectivity index (χ3n) is 3.40. The van der Waals surface area contributed by atoms with Gasteiger partial charge in [-0.05, 0) is 33.6 Å². The molecular formula is C15H24N2O3S. The lowest BCUT2D eigenvalue weighted by atomic mass is 10.2. The van der Waals surface area contributed by atoms with E-state index >= 15 is 0 Å². The van der Waals surface area contributed by atoms with Gasteiger partial charge in [-0.3, -0.25) is 0 Å². The van der Waals surface area contributed by atoms with Gasteiger partial charge in [-0.15, -0.1) is 11.3 Å². The number of anilines is 2. The van der Waals surface area contributed by atoms with Crippen LogP contribution < -0.4 is 15.8 Å². The van der Waals surface area contributed by atoms with Crippen molar-refractivity contribution in [2.45, 2.75) is 58.6 Å². The van der Waals surface area contributed by atoms with Gasteiger partial charge in [-0.25, -0.2) is 4.79 Å². The highest BCUT2D eigenvalue weighted by Crippen LogP contribution is 2.44. The summed E-state index contributed by atoms with van der Waals surface area (Å²) in [4.78, 5) is 12.4. The molecule has 0 spiro atoms. The van der Waals surface area contributed by atoms with E-state index in [2.05, 4.69) is 5.32 Å². The summed E-state index contributed by atoms with van der Waals surface area (Å²) in [6.45, 7) is 6.01. The predicted molar refractivity (Wildman–Crippen MR) is 86.3 cm³/mol. The monoisotopic (exact) mass is 312 g/mol. The Bertz CT molecular complexity index is 493. The van der Waals surface area contributed by atoms with Crippen molar-refractivity contribution in [1.29, 1.82) is 0 Å². The summed E-state index contributed by atoms with van der Waals surface area (Å²) in [6, 6.07) is 0.438. The number of nitrogen functional groups attached to an aromatic ring is 1. The van der Waals surface area contributed by atoms with Crippen molar-refractivity contribution in [3.05, 3.63) is 4.88 Å². The van der Waals surface area contributed by atoms with E-state index in [4.69, 9.17) is 15.2 Å². The van der Waals surface area contributed by atoms with Gasteiger partial charge in [0.05, 0.1) is 12.7 Å². The zero-order valence-corrected chi connectivity index (χ0v) is 13.7. The summed E-state index contributed by atoms with van der Waals surface area (Å²) in [6.07, 6.45) is 4.77. The number of ether oxygens (including phenoxy) is 2. The fraction of sp³-hybridized carbons (Fsp3) is 0.667. The molecule has 0 aliphatic heterocycles. The largest absolute Gasteiger partial charge is 0.486 e. The van der Waals surface area contributed by atoms with Crippen LogP contribution in [0.4, 0.5) is 10.7 Å². The van der Waals surface area contributed by atoms with Crippen LogP contribution >= 0.6 is 11.3 Å². The quantitative estimate of drug-likeness (QED) is 0.784. The molecule has 0 amide bonds. The van der Waals surface area contributed by atoms with Crippen LogP contribution in [-0.4, -0.2) is 24.7 Å². The predicted octanol–water partition coefficient (Wildman–Crippen LogP) is 3.65. The van der Waals surface area contributed by atoms with E-state index in [9.17, 15) is 4.79 Å². The van der Waals surface area contributed by atoms with Crippen molar-refractivity contribution in [3.63, 3.8) is 0 Å². The first kappa shape index (κ1) is 15.9. The second kappa shape index (κ2) is 7.02. The molecule has 0 radical (unpaired) electrons. The standard InChI is InChI=1S/C15H24N2O3S/c1-4-19-15(18)13-11(16)12(20-9(2)3)14(21-13)17-10-7-5-6-8-10/h9-10,17H,4-8,16H2,1-3H3. The van der Waals surface area contributed by atoms with Crippen LogP contribution in [0.15, 0.2) is 0 Å². The van der Waals surface area contributed by atoms with E-state index in [1.54, 1.807) is 6.92 Å². The highest BCUT2D eigenvalue weighted by Gasteiger charge is 2.26. The van der Waals surface area contributed by atoms with Crippen LogP contribution in [0.1, 0.15) is 56.1 Å². The smallest absolute Gasteiger partial charge is 0.350 e. The molecule has 1 aromatic heterocycles. The molecule has 1 aliphatic rings. The van der Waals surface area contributed by atoms with Gasteiger partial charge in [0, 0.05) is 6.04 Å². The fourth-order valence-electron chi connectivity index (χ4n) is 2.48. The molecule has 0 unspecified atom stereocenters. The van der Waals surface area contributed by atoms with Crippen molar-refractivity contribution < 1.29 is 14.3 Å². The Morgan fingerprint density at radius 3 is 2.67 bits per heavy atom. The van der Waals surface area contributed by atoms with E-state index in [-0.39, 0.29) is 12.1 Å². The first-order valence-electron chi connectivity index (χ1n) is 7.55. The summed E-state index contributed by atoms with van der Waals surface area (Å²) in [5.74, 6) is 0.207. The number of nitrogens with one attached hydrogen (secondary N) is 1. The topological polar surface area (TPSA) is 73.6 Å². The lowest BCUT2D eigenvalue weighted by Crippen LogP contribution is -2.15. The molecule has 1 aromatic rings. The molecule has 0 bridgehead atoms. The summed E-state index contributed by atoms with van der Waals surface area (Å²) in [5.41, 5.74) is 6.48. The number of carbonyl (C=O) groups is 1. The highest BCUT2D eigenvalue weighted by molar-refractivity contribution is 7.19. The van der Waals surface area contributed by atoms with E-state index in [1.165, 1.54) is 24.2 Å². The molecule has 5 nitrogen and oxygen atoms in total. The molecule has 1 heterocycles. The molecule has 0 aromatic carbocycles. The minimum absolute atomic E-state index is 0.000994. The van der Waals surface area contributed by atoms with Crippen LogP contribution in [0.25, 0.3) is 0 Å². The van der Waals surface area contributed by atoms with Crippen molar-refractivity contribution in [2.24, 2.45) is 0 Å². The van der Waals surface area contributed by atoms with Gasteiger partial charge in [-0.2, -0.15) is 0 Å². The zero-order chi connectivity index (χ0) is 15.4. The molecule has 1 saturated carbocycles. The van der Waals surface area contributed by atoms with Gasteiger partial charge in [-0.1, -0.05) is 12.8 Å². The molecular weight excluding hydrogens is 288 g/mol. The number of hydrogen-bond donors (Lipinski definition) is 2. The van der Waals surface area contributed by atoms with Gasteiger partial charge in [0.1, 0.15) is 15.6 Å². The van der Waals surface area contributed by atoms with Gasteiger partial charge in [0.15, 0.2) is 5.75 Å². The number of hydrogen-bond acceptors (Lipinski definition) is 6. The first-order chi connectivity index (χ1) is 10.0. The third-order valence-corrected chi connectivity index (χ3v) is 4.50. The molecule has 1 aliphatic carbocycles. The minimum Gasteiger partial charge on any atom is -0.486 e. The van der Waals surface area contributed by atoms with Gasteiger partial charge in [0.25, 0.3) is 0 Å². The fourth-order valence-corrected chi connectivity index (χ4v) is 3.51. The molecule has 0 saturated heterocycles. The maximum atomic E-state index is 12.0. The highest BCUT2D eigenvalue weighted by atomic mass is 32.1. The maximum absolute atomic E-state index is 12.0. The van der Waals surface area contributed by atoms with E-state index in [0.717, 1.165) is 17.8 Å². The van der Waals surface area contributed by atoms with Crippen LogP contribution in [0, 0.1) is 0 Å². The van der Waals surface area contributed by atoms with E-state index < -0.39 is 0 Å². The van der Waals surface area contributed by atoms with Crippen molar-refractivity contribution in [1.82, 2.24) is 0 Å². The van der Waals surface area contributed by atoms with Crippen molar-refractivity contribution in [2.75, 3.05) is 17.7 Å². The normalized spacial score (nSPS) is 15.4. The average Bonchev–Trinajstić information content (AvgIpc) is 3.02. The Morgan fingerprint density at radius 1 is 1.43 bits per heavy atom. The van der Waals surface area contributed by atoms with E-state index in [0.29, 0.717) is 29.0 Å². The number of thiophene rings is 1. The zero-order valence-electron chi connectivity index (χ0n) is 12.9. The molecule has 2 rings (SSSR count). The van der Waals surface area contributed by atoms with Crippen LogP contribution in [-0.2, 0) is 4.74 Å². The third kappa shape index (κ3) is 3.81. The van der Waals surface area contributed by atoms with Crippen LogP contribution in [0.3, 0.4) is 0 Å². The van der Waals surface area contributed by atoms with Gasteiger partial charge >= 0.3 is 5.97 Å². The van der Waals surface area contributed by atoms with Gasteiger partial charge in [0.2, 0.25) is 0 Å². The maximum Gasteiger partial charge on any atom is 0.350 e. The molecule has 118 valence electrons. The summed E-state index contributed by atoms with van der Waals surface area (Å²) < 4.78 is 10.9. The molecule has 3 N–H and O–H groups in total. The van der Waals surface area contributed by atoms with Crippen LogP contribution in [0.5, 0.6) is 5.75 Å². The second-order valence-electron chi connectivity index (χ2n) is 5.52. The lowest BCUT2D eigenvalue weighted by Gasteiger charge is -2.16.